The van der Waals surface area contributed by atoms with Crippen LogP contribution in [0.1, 0.15) is 19.3 Å². The van der Waals surface area contributed by atoms with Gasteiger partial charge in [-0.3, -0.25) is 14.6 Å². The largest absolute Gasteiger partial charge is 0.481 e. The number of carboxylic acids is 1. The van der Waals surface area contributed by atoms with Crippen LogP contribution in [-0.2, 0) is 9.59 Å². The van der Waals surface area contributed by atoms with E-state index in [0.717, 1.165) is 16.6 Å². The Morgan fingerprint density at radius 1 is 1.31 bits per heavy atom. The monoisotopic (exact) mass is 373 g/mol. The Kier molecular flexibility index (Phi) is 4.03. The molecule has 0 bridgehead atoms. The Morgan fingerprint density at radius 2 is 2.04 bits per heavy atom. The van der Waals surface area contributed by atoms with E-state index in [9.17, 15) is 14.7 Å². The summed E-state index contributed by atoms with van der Waals surface area (Å²) in [5, 5.41) is 11.3. The van der Waals surface area contributed by atoms with E-state index in [1.807, 2.05) is 24.3 Å². The normalized spacial score (nSPS) is 22.4. The molecule has 0 aliphatic carbocycles. The molecular weight excluding hydrogens is 354 g/mol. The predicted octanol–water partition coefficient (Wildman–Crippen LogP) is 2.79. The SMILES string of the molecule is CN1C(=O)C[C@H](C(=O)O)C12CCN(c1ccnc3cc(Cl)ccc13)CC2. The number of aliphatic carboxylic acids is 1. The molecule has 1 N–H and O–H groups in total. The van der Waals surface area contributed by atoms with Crippen molar-refractivity contribution in [3.63, 3.8) is 0 Å². The molecule has 26 heavy (non-hydrogen) atoms. The first kappa shape index (κ1) is 17.1. The number of halogens is 1. The first-order chi connectivity index (χ1) is 12.4. The van der Waals surface area contributed by atoms with Gasteiger partial charge in [-0.25, -0.2) is 0 Å². The van der Waals surface area contributed by atoms with Crippen molar-refractivity contribution >= 4 is 40.1 Å². The topological polar surface area (TPSA) is 73.7 Å². The predicted molar refractivity (Wildman–Crippen MR) is 99.4 cm³/mol. The molecule has 2 saturated heterocycles. The lowest BCUT2D eigenvalue weighted by atomic mass is 9.77. The molecule has 1 aromatic heterocycles. The van der Waals surface area contributed by atoms with Crippen LogP contribution < -0.4 is 4.90 Å². The summed E-state index contributed by atoms with van der Waals surface area (Å²) in [5.41, 5.74) is 1.33. The molecular formula is C19H20ClN3O3. The Labute approximate surface area is 156 Å². The van der Waals surface area contributed by atoms with Crippen LogP contribution in [0.15, 0.2) is 30.5 Å². The number of hydrogen-bond acceptors (Lipinski definition) is 4. The summed E-state index contributed by atoms with van der Waals surface area (Å²) >= 11 is 6.07. The van der Waals surface area contributed by atoms with Crippen LogP contribution in [-0.4, -0.2) is 52.5 Å². The third-order valence-electron chi connectivity index (χ3n) is 6.02. The lowest BCUT2D eigenvalue weighted by molar-refractivity contribution is -0.145. The molecule has 0 radical (unpaired) electrons. The van der Waals surface area contributed by atoms with Crippen molar-refractivity contribution in [2.45, 2.75) is 24.8 Å². The molecule has 4 rings (SSSR count). The summed E-state index contributed by atoms with van der Waals surface area (Å²) in [6.45, 7) is 1.40. The molecule has 2 aromatic rings. The third-order valence-corrected chi connectivity index (χ3v) is 6.25. The average molecular weight is 374 g/mol. The van der Waals surface area contributed by atoms with Gasteiger partial charge < -0.3 is 14.9 Å². The standard InChI is InChI=1S/C19H20ClN3O3/c1-22-17(24)11-14(18(25)26)19(22)5-8-23(9-6-19)16-4-7-21-15-10-12(20)2-3-13(15)16/h2-4,7,10,14H,5-6,8-9,11H2,1H3,(H,25,26)/t14-/m1/s1. The van der Waals surface area contributed by atoms with E-state index in [-0.39, 0.29) is 12.3 Å². The molecule has 1 atom stereocenters. The molecule has 0 saturated carbocycles. The number of amides is 1. The summed E-state index contributed by atoms with van der Waals surface area (Å²) in [5.74, 6) is -1.58. The molecule has 1 amide bonds. The molecule has 1 aromatic carbocycles. The van der Waals surface area contributed by atoms with Crippen LogP contribution in [0.3, 0.4) is 0 Å². The molecule has 3 heterocycles. The van der Waals surface area contributed by atoms with Gasteiger partial charge in [-0.05, 0) is 37.1 Å². The fourth-order valence-electron chi connectivity index (χ4n) is 4.50. The number of aromatic nitrogens is 1. The van der Waals surface area contributed by atoms with Crippen LogP contribution in [0, 0.1) is 5.92 Å². The van der Waals surface area contributed by atoms with Crippen LogP contribution in [0.5, 0.6) is 0 Å². The van der Waals surface area contributed by atoms with E-state index in [4.69, 9.17) is 11.6 Å². The number of hydrogen-bond donors (Lipinski definition) is 1. The highest BCUT2D eigenvalue weighted by Gasteiger charge is 2.55. The second-order valence-electron chi connectivity index (χ2n) is 7.13. The van der Waals surface area contributed by atoms with Gasteiger partial charge in [0.05, 0.1) is 17.0 Å². The Morgan fingerprint density at radius 3 is 2.73 bits per heavy atom. The summed E-state index contributed by atoms with van der Waals surface area (Å²) in [7, 11) is 1.74. The quantitative estimate of drug-likeness (QED) is 0.876. The molecule has 7 heteroatoms. The first-order valence-electron chi connectivity index (χ1n) is 8.71. The van der Waals surface area contributed by atoms with Gasteiger partial charge in [0.25, 0.3) is 0 Å². The van der Waals surface area contributed by atoms with E-state index in [1.165, 1.54) is 0 Å². The van der Waals surface area contributed by atoms with Crippen LogP contribution in [0.4, 0.5) is 5.69 Å². The number of carboxylic acid groups (broad SMARTS) is 1. The van der Waals surface area contributed by atoms with Crippen molar-refractivity contribution in [1.29, 1.82) is 0 Å². The van der Waals surface area contributed by atoms with Crippen LogP contribution in [0.2, 0.25) is 5.02 Å². The summed E-state index contributed by atoms with van der Waals surface area (Å²) < 4.78 is 0. The number of likely N-dealkylation sites (tertiary alicyclic amines) is 1. The maximum Gasteiger partial charge on any atom is 0.309 e. The Bertz CT molecular complexity index is 893. The van der Waals surface area contributed by atoms with E-state index < -0.39 is 17.4 Å². The van der Waals surface area contributed by atoms with Gasteiger partial charge in [0.2, 0.25) is 5.91 Å². The van der Waals surface area contributed by atoms with Gasteiger partial charge in [-0.2, -0.15) is 0 Å². The van der Waals surface area contributed by atoms with Gasteiger partial charge in [0, 0.05) is 48.9 Å². The zero-order valence-corrected chi connectivity index (χ0v) is 15.2. The van der Waals surface area contributed by atoms with E-state index in [2.05, 4.69) is 9.88 Å². The van der Waals surface area contributed by atoms with E-state index in [1.54, 1.807) is 18.1 Å². The first-order valence-corrected chi connectivity index (χ1v) is 9.09. The number of piperidine rings is 1. The van der Waals surface area contributed by atoms with Gasteiger partial charge in [0.1, 0.15) is 0 Å². The summed E-state index contributed by atoms with van der Waals surface area (Å²) in [6, 6.07) is 7.64. The molecule has 1 spiro atoms. The molecule has 6 nitrogen and oxygen atoms in total. The van der Waals surface area contributed by atoms with Crippen LogP contribution >= 0.6 is 11.6 Å². The van der Waals surface area contributed by atoms with Crippen molar-refractivity contribution in [2.24, 2.45) is 5.92 Å². The van der Waals surface area contributed by atoms with Gasteiger partial charge >= 0.3 is 5.97 Å². The van der Waals surface area contributed by atoms with Gasteiger partial charge in [-0.15, -0.1) is 0 Å². The summed E-state index contributed by atoms with van der Waals surface area (Å²) in [4.78, 5) is 32.2. The summed E-state index contributed by atoms with van der Waals surface area (Å²) in [6.07, 6.45) is 3.15. The van der Waals surface area contributed by atoms with Crippen molar-refractivity contribution in [1.82, 2.24) is 9.88 Å². The van der Waals surface area contributed by atoms with Gasteiger partial charge in [0.15, 0.2) is 0 Å². The molecule has 2 aliphatic rings. The molecule has 136 valence electrons. The molecule has 0 unspecified atom stereocenters. The number of carbonyl (C=O) groups excluding carboxylic acids is 1. The molecule has 2 fully saturated rings. The number of pyridine rings is 1. The lowest BCUT2D eigenvalue weighted by Gasteiger charge is -2.46. The number of fused-ring (bicyclic) bond motifs is 1. The van der Waals surface area contributed by atoms with Gasteiger partial charge in [-0.1, -0.05) is 11.6 Å². The number of rotatable bonds is 2. The second-order valence-corrected chi connectivity index (χ2v) is 7.57. The van der Waals surface area contributed by atoms with Crippen molar-refractivity contribution in [3.8, 4) is 0 Å². The van der Waals surface area contributed by atoms with E-state index in [0.29, 0.717) is 31.0 Å². The zero-order valence-electron chi connectivity index (χ0n) is 14.5. The fraction of sp³-hybridized carbons (Fsp3) is 0.421. The smallest absolute Gasteiger partial charge is 0.309 e. The fourth-order valence-corrected chi connectivity index (χ4v) is 4.67. The molecule has 2 aliphatic heterocycles. The zero-order chi connectivity index (χ0) is 18.5. The number of anilines is 1. The number of benzene rings is 1. The lowest BCUT2D eigenvalue weighted by Crippen LogP contribution is -2.56. The average Bonchev–Trinajstić information content (AvgIpc) is 2.87. The highest BCUT2D eigenvalue weighted by Crippen LogP contribution is 2.44. The van der Waals surface area contributed by atoms with E-state index >= 15 is 0 Å². The van der Waals surface area contributed by atoms with Crippen molar-refractivity contribution < 1.29 is 14.7 Å². The second kappa shape index (κ2) is 6.13. The highest BCUT2D eigenvalue weighted by molar-refractivity contribution is 6.31. The number of carbonyl (C=O) groups is 2. The Hall–Kier alpha value is -2.34. The highest BCUT2D eigenvalue weighted by atomic mass is 35.5. The third kappa shape index (κ3) is 2.51. The minimum atomic E-state index is -0.875. The minimum absolute atomic E-state index is 0.0742. The van der Waals surface area contributed by atoms with Crippen molar-refractivity contribution in [2.75, 3.05) is 25.0 Å². The Balaban J connectivity index is 1.63. The maximum absolute atomic E-state index is 12.1. The van der Waals surface area contributed by atoms with Crippen molar-refractivity contribution in [3.05, 3.63) is 35.5 Å². The minimum Gasteiger partial charge on any atom is -0.481 e. The maximum atomic E-state index is 12.1. The number of nitrogens with zero attached hydrogens (tertiary/aromatic N) is 3. The van der Waals surface area contributed by atoms with Crippen LogP contribution in [0.25, 0.3) is 10.9 Å².